The third-order valence-corrected chi connectivity index (χ3v) is 3.09. The predicted molar refractivity (Wildman–Crippen MR) is 69.1 cm³/mol. The summed E-state index contributed by atoms with van der Waals surface area (Å²) in [4.78, 5) is 13.3. The number of rotatable bonds is 5. The van der Waals surface area contributed by atoms with Crippen molar-refractivity contribution in [3.63, 3.8) is 0 Å². The second kappa shape index (κ2) is 6.74. The lowest BCUT2D eigenvalue weighted by Gasteiger charge is -2.28. The fourth-order valence-electron chi connectivity index (χ4n) is 2.03. The second-order valence-electron chi connectivity index (χ2n) is 4.41. The first-order chi connectivity index (χ1) is 9.31. The van der Waals surface area contributed by atoms with Crippen LogP contribution in [0.1, 0.15) is 31.0 Å². The lowest BCUT2D eigenvalue weighted by molar-refractivity contribution is -0.137. The Morgan fingerprint density at radius 3 is 2.55 bits per heavy atom. The first-order valence-corrected chi connectivity index (χ1v) is 6.26. The van der Waals surface area contributed by atoms with E-state index in [1.807, 2.05) is 0 Å². The van der Waals surface area contributed by atoms with Gasteiger partial charge in [-0.25, -0.2) is 0 Å². The zero-order valence-corrected chi connectivity index (χ0v) is 11.7. The minimum Gasteiger partial charge on any atom is -0.375 e. The van der Waals surface area contributed by atoms with Crippen molar-refractivity contribution in [3.05, 3.63) is 35.4 Å². The van der Waals surface area contributed by atoms with Gasteiger partial charge in [-0.05, 0) is 31.5 Å². The van der Waals surface area contributed by atoms with E-state index in [1.165, 1.54) is 18.1 Å². The fraction of sp³-hybridized carbons (Fsp3) is 0.500. The van der Waals surface area contributed by atoms with Crippen molar-refractivity contribution in [1.82, 2.24) is 4.90 Å². The minimum atomic E-state index is -4.39. The van der Waals surface area contributed by atoms with Gasteiger partial charge in [0, 0.05) is 13.7 Å². The number of amides is 1. The van der Waals surface area contributed by atoms with Crippen molar-refractivity contribution in [2.24, 2.45) is 0 Å². The van der Waals surface area contributed by atoms with Crippen LogP contribution >= 0.6 is 0 Å². The third kappa shape index (κ3) is 3.96. The molecule has 0 spiro atoms. The van der Waals surface area contributed by atoms with E-state index in [-0.39, 0.29) is 12.5 Å². The molecule has 0 saturated heterocycles. The van der Waals surface area contributed by atoms with Crippen LogP contribution in [-0.4, -0.2) is 31.1 Å². The molecule has 112 valence electrons. The molecule has 20 heavy (non-hydrogen) atoms. The Hall–Kier alpha value is -1.56. The van der Waals surface area contributed by atoms with E-state index < -0.39 is 17.8 Å². The number of halogens is 3. The molecule has 1 amide bonds. The molecule has 6 heteroatoms. The Kier molecular flexibility index (Phi) is 5.56. The number of hydrogen-bond acceptors (Lipinski definition) is 2. The molecule has 1 rings (SSSR count). The van der Waals surface area contributed by atoms with Crippen molar-refractivity contribution in [2.75, 3.05) is 20.3 Å². The fourth-order valence-corrected chi connectivity index (χ4v) is 2.03. The molecule has 0 saturated carbocycles. The maximum Gasteiger partial charge on any atom is 0.416 e. The quantitative estimate of drug-likeness (QED) is 0.832. The van der Waals surface area contributed by atoms with Crippen LogP contribution in [0.3, 0.4) is 0 Å². The Morgan fingerprint density at radius 1 is 1.40 bits per heavy atom. The smallest absolute Gasteiger partial charge is 0.375 e. The van der Waals surface area contributed by atoms with Crippen LogP contribution < -0.4 is 0 Å². The topological polar surface area (TPSA) is 29.5 Å². The van der Waals surface area contributed by atoms with Crippen molar-refractivity contribution < 1.29 is 22.7 Å². The molecule has 0 N–H and O–H groups in total. The zero-order chi connectivity index (χ0) is 15.3. The van der Waals surface area contributed by atoms with Crippen LogP contribution in [0.25, 0.3) is 0 Å². The normalized spacial score (nSPS) is 13.1. The molecular formula is C14H18F3NO2. The van der Waals surface area contributed by atoms with Gasteiger partial charge in [0.25, 0.3) is 0 Å². The van der Waals surface area contributed by atoms with Crippen LogP contribution in [0.5, 0.6) is 0 Å². The van der Waals surface area contributed by atoms with Crippen molar-refractivity contribution >= 4 is 5.91 Å². The van der Waals surface area contributed by atoms with Gasteiger partial charge >= 0.3 is 6.18 Å². The molecular weight excluding hydrogens is 271 g/mol. The third-order valence-electron chi connectivity index (χ3n) is 3.09. The lowest BCUT2D eigenvalue weighted by atomic mass is 10.0. The van der Waals surface area contributed by atoms with E-state index in [9.17, 15) is 18.0 Å². The number of hydrogen-bond donors (Lipinski definition) is 0. The molecule has 0 aliphatic rings. The predicted octanol–water partition coefficient (Wildman–Crippen LogP) is 3.26. The van der Waals surface area contributed by atoms with Gasteiger partial charge in [-0.3, -0.25) is 4.79 Å². The van der Waals surface area contributed by atoms with E-state index in [0.29, 0.717) is 12.1 Å². The standard InChI is InChI=1S/C14H18F3NO2/c1-4-18(13(19)9-20-3)10(2)11-6-5-7-12(8-11)14(15,16)17/h5-8,10H,4,9H2,1-3H3/t10-/m0/s1. The molecule has 0 heterocycles. The van der Waals surface area contributed by atoms with Gasteiger partial charge in [-0.1, -0.05) is 12.1 Å². The highest BCUT2D eigenvalue weighted by Crippen LogP contribution is 2.31. The van der Waals surface area contributed by atoms with E-state index in [4.69, 9.17) is 4.74 Å². The minimum absolute atomic E-state index is 0.0862. The van der Waals surface area contributed by atoms with Crippen LogP contribution in [0.4, 0.5) is 13.2 Å². The lowest BCUT2D eigenvalue weighted by Crippen LogP contribution is -2.35. The summed E-state index contributed by atoms with van der Waals surface area (Å²) < 4.78 is 42.9. The van der Waals surface area contributed by atoms with Gasteiger partial charge in [0.1, 0.15) is 6.61 Å². The van der Waals surface area contributed by atoms with Crippen molar-refractivity contribution in [2.45, 2.75) is 26.1 Å². The molecule has 0 radical (unpaired) electrons. The highest BCUT2D eigenvalue weighted by molar-refractivity contribution is 5.77. The molecule has 1 atom stereocenters. The Morgan fingerprint density at radius 2 is 2.05 bits per heavy atom. The summed E-state index contributed by atoms with van der Waals surface area (Å²) in [6.45, 7) is 3.79. The molecule has 0 aromatic heterocycles. The van der Waals surface area contributed by atoms with E-state index in [1.54, 1.807) is 19.9 Å². The van der Waals surface area contributed by atoms with Crippen molar-refractivity contribution in [1.29, 1.82) is 0 Å². The summed E-state index contributed by atoms with van der Waals surface area (Å²) in [5, 5.41) is 0. The molecule has 0 aliphatic heterocycles. The maximum absolute atomic E-state index is 12.7. The molecule has 0 fully saturated rings. The monoisotopic (exact) mass is 289 g/mol. The van der Waals surface area contributed by atoms with Crippen LogP contribution in [0, 0.1) is 0 Å². The van der Waals surface area contributed by atoms with E-state index >= 15 is 0 Å². The number of nitrogens with zero attached hydrogens (tertiary/aromatic N) is 1. The number of methoxy groups -OCH3 is 1. The number of carbonyl (C=O) groups is 1. The van der Waals surface area contributed by atoms with Gasteiger partial charge < -0.3 is 9.64 Å². The Labute approximate surface area is 116 Å². The van der Waals surface area contributed by atoms with Gasteiger partial charge in [0.2, 0.25) is 5.91 Å². The molecule has 0 unspecified atom stereocenters. The highest BCUT2D eigenvalue weighted by Gasteiger charge is 2.31. The van der Waals surface area contributed by atoms with Crippen molar-refractivity contribution in [3.8, 4) is 0 Å². The summed E-state index contributed by atoms with van der Waals surface area (Å²) in [5.74, 6) is -0.250. The Bertz CT molecular complexity index is 460. The van der Waals surface area contributed by atoms with Gasteiger partial charge in [0.05, 0.1) is 11.6 Å². The molecule has 1 aromatic carbocycles. The average molecular weight is 289 g/mol. The summed E-state index contributed by atoms with van der Waals surface area (Å²) in [6.07, 6.45) is -4.39. The van der Waals surface area contributed by atoms with Crippen LogP contribution in [-0.2, 0) is 15.7 Å². The van der Waals surface area contributed by atoms with E-state index in [0.717, 1.165) is 12.1 Å². The first-order valence-electron chi connectivity index (χ1n) is 6.26. The van der Waals surface area contributed by atoms with Crippen LogP contribution in [0.15, 0.2) is 24.3 Å². The summed E-state index contributed by atoms with van der Waals surface area (Å²) in [6, 6.07) is 4.59. The maximum atomic E-state index is 12.7. The first kappa shape index (κ1) is 16.5. The van der Waals surface area contributed by atoms with Gasteiger partial charge in [-0.15, -0.1) is 0 Å². The molecule has 0 bridgehead atoms. The van der Waals surface area contributed by atoms with Gasteiger partial charge in [0.15, 0.2) is 0 Å². The number of benzene rings is 1. The molecule has 1 aromatic rings. The summed E-state index contributed by atoms with van der Waals surface area (Å²) >= 11 is 0. The second-order valence-corrected chi connectivity index (χ2v) is 4.41. The molecule has 3 nitrogen and oxygen atoms in total. The summed E-state index contributed by atoms with van der Waals surface area (Å²) in [7, 11) is 1.40. The highest BCUT2D eigenvalue weighted by atomic mass is 19.4. The average Bonchev–Trinajstić information content (AvgIpc) is 2.39. The number of alkyl halides is 3. The molecule has 0 aliphatic carbocycles. The largest absolute Gasteiger partial charge is 0.416 e. The van der Waals surface area contributed by atoms with Gasteiger partial charge in [-0.2, -0.15) is 13.2 Å². The van der Waals surface area contributed by atoms with E-state index in [2.05, 4.69) is 0 Å². The number of likely N-dealkylation sites (N-methyl/N-ethyl adjacent to an activating group) is 1. The zero-order valence-electron chi connectivity index (χ0n) is 11.7. The SMILES string of the molecule is CCN(C(=O)COC)[C@@H](C)c1cccc(C(F)(F)F)c1. The number of ether oxygens (including phenoxy) is 1. The summed E-state index contributed by atoms with van der Waals surface area (Å²) in [5.41, 5.74) is -0.261. The van der Waals surface area contributed by atoms with Crippen LogP contribution in [0.2, 0.25) is 0 Å². The Balaban J connectivity index is 3.01. The number of carbonyl (C=O) groups excluding carboxylic acids is 1.